The smallest absolute Gasteiger partial charge is 0.311 e. The number of aliphatic hydroxyl groups is 1. The summed E-state index contributed by atoms with van der Waals surface area (Å²) in [4.78, 5) is 29.4. The van der Waals surface area contributed by atoms with Gasteiger partial charge in [0.2, 0.25) is 0 Å². The van der Waals surface area contributed by atoms with E-state index in [0.29, 0.717) is 33.6 Å². The molecule has 4 atom stereocenters. The number of thioether (sulfide) groups is 2. The molecule has 0 radical (unpaired) electrons. The molecular formula is C36H40Cl2N6O3S2. The zero-order valence-electron chi connectivity index (χ0n) is 27.0. The minimum Gasteiger partial charge on any atom is -0.481 e. The van der Waals surface area contributed by atoms with E-state index in [4.69, 9.17) is 33.2 Å². The number of rotatable bonds is 11. The molecule has 2 aromatic heterocycles. The normalized spacial score (nSPS) is 23.0. The van der Waals surface area contributed by atoms with Gasteiger partial charge in [-0.3, -0.25) is 14.8 Å². The molecule has 0 amide bonds. The van der Waals surface area contributed by atoms with Gasteiger partial charge in [0.1, 0.15) is 16.0 Å². The second kappa shape index (κ2) is 14.1. The van der Waals surface area contributed by atoms with Gasteiger partial charge in [-0.2, -0.15) is 0 Å². The molecule has 2 aliphatic heterocycles. The summed E-state index contributed by atoms with van der Waals surface area (Å²) in [5.41, 5.74) is 5.71. The average Bonchev–Trinajstić information content (AvgIpc) is 3.88. The van der Waals surface area contributed by atoms with Crippen LogP contribution in [-0.4, -0.2) is 78.0 Å². The molecule has 2 aromatic carbocycles. The molecule has 4 aliphatic rings. The molecule has 2 saturated carbocycles. The van der Waals surface area contributed by atoms with Gasteiger partial charge in [0.05, 0.1) is 52.0 Å². The molecule has 49 heavy (non-hydrogen) atoms. The predicted octanol–water partition coefficient (Wildman–Crippen LogP) is 8.54. The highest BCUT2D eigenvalue weighted by Gasteiger charge is 2.39. The van der Waals surface area contributed by atoms with Gasteiger partial charge < -0.3 is 30.8 Å². The van der Waals surface area contributed by atoms with Gasteiger partial charge in [-0.1, -0.05) is 48.9 Å². The minimum atomic E-state index is -1.09. The number of carboxylic acids is 1. The highest BCUT2D eigenvalue weighted by atomic mass is 35.5. The number of carboxylic acid groups (broad SMARTS) is 1. The van der Waals surface area contributed by atoms with E-state index in [9.17, 15) is 15.0 Å². The monoisotopic (exact) mass is 738 g/mol. The average molecular weight is 740 g/mol. The van der Waals surface area contributed by atoms with Crippen LogP contribution in [-0.2, 0) is 4.79 Å². The fraction of sp³-hybridized carbons (Fsp3) is 0.472. The van der Waals surface area contributed by atoms with Crippen LogP contribution in [0.5, 0.6) is 0 Å². The number of aromatic amines is 2. The van der Waals surface area contributed by atoms with E-state index >= 15 is 0 Å². The van der Waals surface area contributed by atoms with Gasteiger partial charge in [0.25, 0.3) is 0 Å². The first kappa shape index (κ1) is 33.3. The summed E-state index contributed by atoms with van der Waals surface area (Å²) in [5, 5.41) is 33.9. The summed E-state index contributed by atoms with van der Waals surface area (Å²) in [6.45, 7) is 0. The van der Waals surface area contributed by atoms with E-state index in [2.05, 4.69) is 26.7 Å². The second-order valence-corrected chi connectivity index (χ2v) is 16.7. The van der Waals surface area contributed by atoms with Gasteiger partial charge in [-0.15, -0.1) is 23.5 Å². The first-order chi connectivity index (χ1) is 23.8. The maximum absolute atomic E-state index is 12.6. The molecule has 8 rings (SSSR count). The third-order valence-electron chi connectivity index (χ3n) is 10.3. The number of anilines is 2. The van der Waals surface area contributed by atoms with Gasteiger partial charge in [-0.05, 0) is 68.5 Å². The number of fused-ring (bicyclic) bond motifs is 2. The molecule has 2 aliphatic carbocycles. The van der Waals surface area contributed by atoms with Gasteiger partial charge in [-0.25, -0.2) is 0 Å². The molecule has 13 heteroatoms. The summed E-state index contributed by atoms with van der Waals surface area (Å²) >= 11 is 16.1. The van der Waals surface area contributed by atoms with Gasteiger partial charge in [0.15, 0.2) is 0 Å². The number of aromatic nitrogens is 2. The number of aliphatic imine (C=N–C) groups is 2. The Bertz CT molecular complexity index is 1950. The van der Waals surface area contributed by atoms with Crippen LogP contribution < -0.4 is 10.6 Å². The fourth-order valence-corrected chi connectivity index (χ4v) is 10.5. The van der Waals surface area contributed by atoms with E-state index in [1.807, 2.05) is 30.3 Å². The summed E-state index contributed by atoms with van der Waals surface area (Å²) in [5.74, 6) is -0.924. The zero-order valence-corrected chi connectivity index (χ0v) is 30.1. The number of benzene rings is 2. The van der Waals surface area contributed by atoms with Gasteiger partial charge in [0, 0.05) is 44.4 Å². The Hall–Kier alpha value is -2.83. The molecule has 2 fully saturated rings. The molecule has 0 saturated heterocycles. The van der Waals surface area contributed by atoms with Crippen LogP contribution in [0.15, 0.2) is 46.4 Å². The van der Waals surface area contributed by atoms with Crippen LogP contribution in [0.1, 0.15) is 69.2 Å². The first-order valence-electron chi connectivity index (χ1n) is 17.3. The summed E-state index contributed by atoms with van der Waals surface area (Å²) in [7, 11) is 0. The van der Waals surface area contributed by atoms with Crippen LogP contribution in [0.4, 0.5) is 11.4 Å². The molecule has 0 bridgehead atoms. The predicted molar refractivity (Wildman–Crippen MR) is 206 cm³/mol. The number of nitrogens with one attached hydrogen (secondary N) is 4. The van der Waals surface area contributed by atoms with Crippen molar-refractivity contribution >= 4 is 96.0 Å². The summed E-state index contributed by atoms with van der Waals surface area (Å²) < 4.78 is 0. The molecular weight excluding hydrogens is 699 g/mol. The fourth-order valence-electron chi connectivity index (χ4n) is 7.87. The van der Waals surface area contributed by atoms with Crippen molar-refractivity contribution in [3.63, 3.8) is 0 Å². The Morgan fingerprint density at radius 1 is 0.796 bits per heavy atom. The van der Waals surface area contributed by atoms with Crippen molar-refractivity contribution in [1.29, 1.82) is 0 Å². The molecule has 258 valence electrons. The lowest BCUT2D eigenvalue weighted by Gasteiger charge is -2.23. The summed E-state index contributed by atoms with van der Waals surface area (Å²) in [6.07, 6.45) is 8.72. The second-order valence-electron chi connectivity index (χ2n) is 13.8. The summed E-state index contributed by atoms with van der Waals surface area (Å²) in [6, 6.07) is 12.1. The van der Waals surface area contributed by atoms with E-state index in [1.165, 1.54) is 37.4 Å². The quantitative estimate of drug-likeness (QED) is 0.0907. The molecule has 0 spiro atoms. The minimum absolute atomic E-state index is 0.204. The number of carbonyl (C=O) groups is 1. The Balaban J connectivity index is 0.970. The number of aliphatic carboxylic acids is 1. The Morgan fingerprint density at radius 3 is 1.84 bits per heavy atom. The van der Waals surface area contributed by atoms with Crippen LogP contribution in [0.25, 0.3) is 21.8 Å². The number of nitrogens with zero attached hydrogens (tertiary/aromatic N) is 2. The topological polar surface area (TPSA) is 138 Å². The SMILES string of the molecule is O=C(O)C(C(O)C[C@@H]1CSC(c2cc3cc(Cl)cc(NC4CCCC4)c3[nH]2)=N1)[C@@H]1CSC(c2cc3cc(Cl)cc(NC4CCCC4)c3[nH]2)=N1. The van der Waals surface area contributed by atoms with Crippen molar-refractivity contribution < 1.29 is 15.0 Å². The first-order valence-corrected chi connectivity index (χ1v) is 20.0. The molecule has 4 aromatic rings. The van der Waals surface area contributed by atoms with Crippen molar-refractivity contribution in [1.82, 2.24) is 9.97 Å². The number of aliphatic hydroxyl groups excluding tert-OH is 1. The third-order valence-corrected chi connectivity index (χ3v) is 13.0. The maximum Gasteiger partial charge on any atom is 0.311 e. The highest BCUT2D eigenvalue weighted by Crippen LogP contribution is 2.37. The third kappa shape index (κ3) is 7.06. The lowest BCUT2D eigenvalue weighted by molar-refractivity contribution is -0.146. The largest absolute Gasteiger partial charge is 0.481 e. The molecule has 2 unspecified atom stereocenters. The van der Waals surface area contributed by atoms with Crippen LogP contribution >= 0.6 is 46.7 Å². The van der Waals surface area contributed by atoms with E-state index in [-0.39, 0.29) is 12.5 Å². The van der Waals surface area contributed by atoms with E-state index < -0.39 is 24.0 Å². The van der Waals surface area contributed by atoms with Crippen molar-refractivity contribution in [2.45, 2.75) is 88.1 Å². The van der Waals surface area contributed by atoms with E-state index in [1.54, 1.807) is 11.8 Å². The van der Waals surface area contributed by atoms with Crippen LogP contribution in [0, 0.1) is 5.92 Å². The molecule has 6 N–H and O–H groups in total. The Labute approximate surface area is 303 Å². The standard InChI is InChI=1S/C36H40Cl2N6O3S2/c37-20-9-18-11-27(42-32(18)25(13-20)39-22-5-1-2-6-22)34-41-24(16-48-34)15-30(45)31(36(46)47)29-17-49-35(44-29)28-12-19-10-21(38)14-26(33(19)43-28)40-23-7-3-4-8-23/h9-14,22-24,29-31,39-40,42-43,45H,1-8,15-17H2,(H,46,47)/t24-,29+,30?,31?/m1/s1. The number of hydrogen-bond donors (Lipinski definition) is 6. The van der Waals surface area contributed by atoms with Crippen LogP contribution in [0.2, 0.25) is 10.0 Å². The van der Waals surface area contributed by atoms with Crippen molar-refractivity contribution in [3.8, 4) is 0 Å². The van der Waals surface area contributed by atoms with Gasteiger partial charge >= 0.3 is 5.97 Å². The van der Waals surface area contributed by atoms with E-state index in [0.717, 1.165) is 80.3 Å². The number of hydrogen-bond acceptors (Lipinski definition) is 8. The maximum atomic E-state index is 12.6. The molecule has 9 nitrogen and oxygen atoms in total. The Morgan fingerprint density at radius 2 is 1.31 bits per heavy atom. The van der Waals surface area contributed by atoms with Crippen molar-refractivity contribution in [2.24, 2.45) is 15.9 Å². The zero-order chi connectivity index (χ0) is 33.6. The number of halogens is 2. The highest BCUT2D eigenvalue weighted by molar-refractivity contribution is 8.15. The van der Waals surface area contributed by atoms with Crippen LogP contribution in [0.3, 0.4) is 0 Å². The lowest BCUT2D eigenvalue weighted by atomic mass is 9.91. The number of H-pyrrole nitrogens is 2. The Kier molecular flexibility index (Phi) is 9.56. The lowest BCUT2D eigenvalue weighted by Crippen LogP contribution is -2.39. The van der Waals surface area contributed by atoms with Crippen molar-refractivity contribution in [3.05, 3.63) is 57.8 Å². The molecule has 4 heterocycles. The van der Waals surface area contributed by atoms with Crippen molar-refractivity contribution in [2.75, 3.05) is 22.1 Å².